The number of fused-ring (bicyclic) bond motifs is 2. The quantitative estimate of drug-likeness (QED) is 0.665. The minimum atomic E-state index is 0.803. The molecule has 0 spiro atoms. The first-order valence-electron chi connectivity index (χ1n) is 11.7. The molecular weight excluding hydrogens is 408 g/mol. The first-order chi connectivity index (χ1) is 16.2. The van der Waals surface area contributed by atoms with Gasteiger partial charge in [0.25, 0.3) is 0 Å². The molecule has 0 aliphatic carbocycles. The SMILES string of the molecule is CNc1ccnc(C2=Nc3ccc(C4=Nc5ccc(N6CCN(C)CC6)cc5C4)cc3C2)c1. The predicted octanol–water partition coefficient (Wildman–Crippen LogP) is 4.23. The van der Waals surface area contributed by atoms with Crippen LogP contribution in [0.25, 0.3) is 0 Å². The summed E-state index contributed by atoms with van der Waals surface area (Å²) >= 11 is 0. The fourth-order valence-corrected chi connectivity index (χ4v) is 4.89. The molecule has 1 fully saturated rings. The molecule has 0 bridgehead atoms. The number of rotatable bonds is 4. The summed E-state index contributed by atoms with van der Waals surface area (Å²) in [6.07, 6.45) is 3.52. The van der Waals surface area contributed by atoms with Crippen molar-refractivity contribution in [2.24, 2.45) is 9.98 Å². The van der Waals surface area contributed by atoms with E-state index < -0.39 is 0 Å². The van der Waals surface area contributed by atoms with Gasteiger partial charge in [0, 0.05) is 63.6 Å². The van der Waals surface area contributed by atoms with Crippen LogP contribution in [-0.2, 0) is 12.8 Å². The number of piperazine rings is 1. The molecule has 4 heterocycles. The third kappa shape index (κ3) is 3.80. The number of nitrogens with one attached hydrogen (secondary N) is 1. The van der Waals surface area contributed by atoms with E-state index in [1.165, 1.54) is 22.4 Å². The maximum absolute atomic E-state index is 4.98. The van der Waals surface area contributed by atoms with Crippen LogP contribution in [0.1, 0.15) is 22.4 Å². The molecule has 1 saturated heterocycles. The lowest BCUT2D eigenvalue weighted by atomic mass is 9.99. The van der Waals surface area contributed by atoms with Gasteiger partial charge in [0.15, 0.2) is 0 Å². The highest BCUT2D eigenvalue weighted by molar-refractivity contribution is 6.09. The van der Waals surface area contributed by atoms with E-state index in [9.17, 15) is 0 Å². The zero-order chi connectivity index (χ0) is 22.4. The lowest BCUT2D eigenvalue weighted by molar-refractivity contribution is 0.313. The number of aromatic nitrogens is 1. The number of likely N-dealkylation sites (N-methyl/N-ethyl adjacent to an activating group) is 1. The number of pyridine rings is 1. The molecule has 0 radical (unpaired) electrons. The zero-order valence-corrected chi connectivity index (χ0v) is 19.2. The normalized spacial score (nSPS) is 17.5. The zero-order valence-electron chi connectivity index (χ0n) is 19.2. The minimum Gasteiger partial charge on any atom is -0.388 e. The lowest BCUT2D eigenvalue weighted by Crippen LogP contribution is -2.44. The fraction of sp³-hybridized carbons (Fsp3) is 0.296. The number of hydrogen-bond donors (Lipinski definition) is 1. The van der Waals surface area contributed by atoms with E-state index in [1.807, 2.05) is 19.3 Å². The second kappa shape index (κ2) is 8.12. The van der Waals surface area contributed by atoms with E-state index in [-0.39, 0.29) is 0 Å². The Labute approximate surface area is 194 Å². The molecule has 2 aromatic carbocycles. The lowest BCUT2D eigenvalue weighted by Gasteiger charge is -2.34. The molecule has 1 N–H and O–H groups in total. The largest absolute Gasteiger partial charge is 0.388 e. The van der Waals surface area contributed by atoms with E-state index in [2.05, 4.69) is 69.6 Å². The number of benzene rings is 2. The van der Waals surface area contributed by atoms with E-state index in [0.29, 0.717) is 0 Å². The van der Waals surface area contributed by atoms with Crippen LogP contribution in [0.3, 0.4) is 0 Å². The van der Waals surface area contributed by atoms with Crippen LogP contribution in [0.5, 0.6) is 0 Å². The Morgan fingerprint density at radius 3 is 2.33 bits per heavy atom. The Hall–Kier alpha value is -3.51. The van der Waals surface area contributed by atoms with Gasteiger partial charge in [-0.2, -0.15) is 0 Å². The summed E-state index contributed by atoms with van der Waals surface area (Å²) in [5, 5.41) is 3.18. The van der Waals surface area contributed by atoms with Gasteiger partial charge in [-0.15, -0.1) is 0 Å². The van der Waals surface area contributed by atoms with E-state index in [4.69, 9.17) is 9.98 Å². The molecule has 6 heteroatoms. The fourth-order valence-electron chi connectivity index (χ4n) is 4.89. The smallest absolute Gasteiger partial charge is 0.0868 e. The van der Waals surface area contributed by atoms with Crippen LogP contribution in [-0.4, -0.2) is 61.6 Å². The molecular formula is C27H28N6. The van der Waals surface area contributed by atoms with E-state index >= 15 is 0 Å². The van der Waals surface area contributed by atoms with Crippen molar-refractivity contribution in [2.45, 2.75) is 12.8 Å². The number of anilines is 2. The van der Waals surface area contributed by atoms with Gasteiger partial charge >= 0.3 is 0 Å². The average molecular weight is 437 g/mol. The van der Waals surface area contributed by atoms with Crippen molar-refractivity contribution in [3.05, 3.63) is 77.1 Å². The molecule has 6 rings (SSSR count). The minimum absolute atomic E-state index is 0.803. The van der Waals surface area contributed by atoms with Crippen molar-refractivity contribution in [1.29, 1.82) is 0 Å². The topological polar surface area (TPSA) is 56.1 Å². The maximum Gasteiger partial charge on any atom is 0.0868 e. The number of hydrogen-bond acceptors (Lipinski definition) is 6. The average Bonchev–Trinajstić information content (AvgIpc) is 3.48. The highest BCUT2D eigenvalue weighted by Gasteiger charge is 2.22. The van der Waals surface area contributed by atoms with Gasteiger partial charge in [0.1, 0.15) is 0 Å². The van der Waals surface area contributed by atoms with Gasteiger partial charge in [-0.3, -0.25) is 15.0 Å². The van der Waals surface area contributed by atoms with E-state index in [1.54, 1.807) is 0 Å². The van der Waals surface area contributed by atoms with Crippen LogP contribution in [0.15, 0.2) is 64.7 Å². The molecule has 0 unspecified atom stereocenters. The van der Waals surface area contributed by atoms with Crippen LogP contribution >= 0.6 is 0 Å². The molecule has 3 aliphatic heterocycles. The highest BCUT2D eigenvalue weighted by atomic mass is 15.2. The summed E-state index contributed by atoms with van der Waals surface area (Å²) in [7, 11) is 4.12. The molecule has 33 heavy (non-hydrogen) atoms. The van der Waals surface area contributed by atoms with E-state index in [0.717, 1.165) is 73.2 Å². The Morgan fingerprint density at radius 1 is 0.788 bits per heavy atom. The first-order valence-corrected chi connectivity index (χ1v) is 11.7. The Morgan fingerprint density at radius 2 is 1.52 bits per heavy atom. The second-order valence-corrected chi connectivity index (χ2v) is 9.10. The second-order valence-electron chi connectivity index (χ2n) is 9.10. The van der Waals surface area contributed by atoms with Crippen molar-refractivity contribution < 1.29 is 0 Å². The summed E-state index contributed by atoms with van der Waals surface area (Å²) in [4.78, 5) is 19.2. The molecule has 1 aromatic heterocycles. The van der Waals surface area contributed by atoms with Gasteiger partial charge in [-0.05, 0) is 66.2 Å². The molecule has 0 atom stereocenters. The summed E-state index contributed by atoms with van der Waals surface area (Å²) in [6.45, 7) is 4.41. The van der Waals surface area contributed by atoms with Crippen molar-refractivity contribution in [2.75, 3.05) is 50.5 Å². The molecule has 166 valence electrons. The van der Waals surface area contributed by atoms with Crippen molar-refractivity contribution in [3.8, 4) is 0 Å². The van der Waals surface area contributed by atoms with Gasteiger partial charge < -0.3 is 15.1 Å². The van der Waals surface area contributed by atoms with Gasteiger partial charge in [0.2, 0.25) is 0 Å². The Kier molecular flexibility index (Phi) is 4.95. The van der Waals surface area contributed by atoms with Gasteiger partial charge in [0.05, 0.1) is 28.5 Å². The Balaban J connectivity index is 1.20. The summed E-state index contributed by atoms with van der Waals surface area (Å²) < 4.78 is 0. The monoisotopic (exact) mass is 436 g/mol. The molecule has 3 aromatic rings. The number of aliphatic imine (C=N–C) groups is 2. The summed E-state index contributed by atoms with van der Waals surface area (Å²) in [6, 6.07) is 17.3. The summed E-state index contributed by atoms with van der Waals surface area (Å²) in [5.41, 5.74) is 11.4. The molecule has 0 amide bonds. The van der Waals surface area contributed by atoms with Crippen LogP contribution < -0.4 is 10.2 Å². The standard InChI is InChI=1S/C27H28N6/c1-28-21-7-8-29-26(17-21)27-16-19-13-18(3-5-23(19)31-27)25-15-20-14-22(4-6-24(20)30-25)33-11-9-32(2)10-12-33/h3-8,13-14,17H,9-12,15-16H2,1-2H3,(H,28,29). The van der Waals surface area contributed by atoms with Crippen molar-refractivity contribution in [3.63, 3.8) is 0 Å². The third-order valence-electron chi connectivity index (χ3n) is 6.92. The van der Waals surface area contributed by atoms with Crippen LogP contribution in [0.2, 0.25) is 0 Å². The maximum atomic E-state index is 4.98. The number of nitrogens with zero attached hydrogens (tertiary/aromatic N) is 5. The van der Waals surface area contributed by atoms with Gasteiger partial charge in [-0.1, -0.05) is 6.07 Å². The van der Waals surface area contributed by atoms with Crippen LogP contribution in [0.4, 0.5) is 22.7 Å². The van der Waals surface area contributed by atoms with Crippen molar-refractivity contribution in [1.82, 2.24) is 9.88 Å². The van der Waals surface area contributed by atoms with Gasteiger partial charge in [-0.25, -0.2) is 0 Å². The molecule has 0 saturated carbocycles. The Bertz CT molecular complexity index is 1280. The van der Waals surface area contributed by atoms with Crippen molar-refractivity contribution >= 4 is 34.2 Å². The predicted molar refractivity (Wildman–Crippen MR) is 136 cm³/mol. The summed E-state index contributed by atoms with van der Waals surface area (Å²) in [5.74, 6) is 0. The third-order valence-corrected chi connectivity index (χ3v) is 6.92. The molecule has 6 nitrogen and oxygen atoms in total. The molecule has 3 aliphatic rings. The highest BCUT2D eigenvalue weighted by Crippen LogP contribution is 2.35. The van der Waals surface area contributed by atoms with Crippen LogP contribution in [0, 0.1) is 0 Å². The first kappa shape index (κ1) is 20.1.